The lowest BCUT2D eigenvalue weighted by atomic mass is 9.99. The minimum Gasteiger partial charge on any atom is -0.356 e. The smallest absolute Gasteiger partial charge is 0.243 e. The summed E-state index contributed by atoms with van der Waals surface area (Å²) in [4.78, 5) is 25.0. The van der Waals surface area contributed by atoms with Crippen LogP contribution in [0.25, 0.3) is 0 Å². The van der Waals surface area contributed by atoms with Crippen molar-refractivity contribution in [2.75, 3.05) is 45.2 Å². The second-order valence-electron chi connectivity index (χ2n) is 8.34. The Morgan fingerprint density at radius 3 is 2.67 bits per heavy atom. The van der Waals surface area contributed by atoms with E-state index in [9.17, 15) is 4.79 Å². The van der Waals surface area contributed by atoms with Gasteiger partial charge in [-0.3, -0.25) is 4.79 Å². The number of rotatable bonds is 10. The summed E-state index contributed by atoms with van der Waals surface area (Å²) in [5.41, 5.74) is 0. The molecule has 2 rings (SSSR count). The third-order valence-corrected chi connectivity index (χ3v) is 5.78. The fourth-order valence-electron chi connectivity index (χ4n) is 3.61. The van der Waals surface area contributed by atoms with Crippen LogP contribution in [0.4, 0.5) is 5.82 Å². The number of aliphatic imine (C=N–C) groups is 1. The summed E-state index contributed by atoms with van der Waals surface area (Å²) in [5.74, 6) is 2.45. The highest BCUT2D eigenvalue weighted by atomic mass is 16.2. The van der Waals surface area contributed by atoms with E-state index in [0.717, 1.165) is 50.7 Å². The van der Waals surface area contributed by atoms with Crippen molar-refractivity contribution in [3.05, 3.63) is 24.4 Å². The first kappa shape index (κ1) is 24.0. The third kappa shape index (κ3) is 8.20. The third-order valence-electron chi connectivity index (χ3n) is 5.78. The SMILES string of the molecule is CCCCC(CC)CNC(=NCC(=O)N(C)C)NC1CCN(c2ccccn2)CC1. The van der Waals surface area contributed by atoms with Crippen LogP contribution in [0.1, 0.15) is 52.4 Å². The standard InChI is InChI=1S/C23H40N6O/c1-5-7-10-19(6-2)17-25-23(26-18-22(30)28(3)4)27-20-12-15-29(16-13-20)21-11-8-9-14-24-21/h8-9,11,14,19-20H,5-7,10,12-13,15-18H2,1-4H3,(H2,25,26,27). The van der Waals surface area contributed by atoms with E-state index in [0.29, 0.717) is 12.0 Å². The second kappa shape index (κ2) is 13.1. The van der Waals surface area contributed by atoms with Gasteiger partial charge in [-0.15, -0.1) is 0 Å². The van der Waals surface area contributed by atoms with Gasteiger partial charge in [0.15, 0.2) is 5.96 Å². The van der Waals surface area contributed by atoms with Gasteiger partial charge in [0.05, 0.1) is 0 Å². The molecule has 168 valence electrons. The van der Waals surface area contributed by atoms with Crippen molar-refractivity contribution in [3.63, 3.8) is 0 Å². The average Bonchev–Trinajstić information content (AvgIpc) is 2.78. The lowest BCUT2D eigenvalue weighted by molar-refractivity contribution is -0.127. The molecule has 0 radical (unpaired) electrons. The average molecular weight is 417 g/mol. The van der Waals surface area contributed by atoms with E-state index in [2.05, 4.69) is 45.4 Å². The molecule has 1 aromatic heterocycles. The number of hydrogen-bond acceptors (Lipinski definition) is 4. The second-order valence-corrected chi connectivity index (χ2v) is 8.34. The summed E-state index contributed by atoms with van der Waals surface area (Å²) in [5, 5.41) is 7.09. The van der Waals surface area contributed by atoms with Gasteiger partial charge in [0.2, 0.25) is 5.91 Å². The molecule has 2 heterocycles. The number of piperidine rings is 1. The van der Waals surface area contributed by atoms with Crippen LogP contribution >= 0.6 is 0 Å². The quantitative estimate of drug-likeness (QED) is 0.453. The van der Waals surface area contributed by atoms with Crippen LogP contribution in [-0.4, -0.2) is 68.1 Å². The first-order chi connectivity index (χ1) is 14.5. The molecule has 1 aliphatic rings. The topological polar surface area (TPSA) is 72.9 Å². The van der Waals surface area contributed by atoms with Gasteiger partial charge in [-0.1, -0.05) is 39.2 Å². The van der Waals surface area contributed by atoms with Crippen molar-refractivity contribution in [2.24, 2.45) is 10.9 Å². The maximum atomic E-state index is 12.0. The molecule has 1 unspecified atom stereocenters. The van der Waals surface area contributed by atoms with Crippen molar-refractivity contribution in [1.29, 1.82) is 0 Å². The number of nitrogens with one attached hydrogen (secondary N) is 2. The summed E-state index contributed by atoms with van der Waals surface area (Å²) >= 11 is 0. The van der Waals surface area contributed by atoms with Gasteiger partial charge in [0.25, 0.3) is 0 Å². The Labute approximate surface area is 182 Å². The van der Waals surface area contributed by atoms with Crippen molar-refractivity contribution in [3.8, 4) is 0 Å². The molecule has 1 atom stereocenters. The zero-order valence-corrected chi connectivity index (χ0v) is 19.2. The van der Waals surface area contributed by atoms with Crippen LogP contribution < -0.4 is 15.5 Å². The molecule has 0 bridgehead atoms. The Morgan fingerprint density at radius 1 is 1.30 bits per heavy atom. The number of nitrogens with zero attached hydrogens (tertiary/aromatic N) is 4. The maximum absolute atomic E-state index is 12.0. The van der Waals surface area contributed by atoms with E-state index < -0.39 is 0 Å². The minimum absolute atomic E-state index is 0.0131. The summed E-state index contributed by atoms with van der Waals surface area (Å²) in [6.07, 6.45) is 8.75. The number of pyridine rings is 1. The lowest BCUT2D eigenvalue weighted by Crippen LogP contribution is -2.50. The highest BCUT2D eigenvalue weighted by Gasteiger charge is 2.21. The van der Waals surface area contributed by atoms with Gasteiger partial charge in [-0.25, -0.2) is 9.98 Å². The van der Waals surface area contributed by atoms with Crippen molar-refractivity contribution in [1.82, 2.24) is 20.5 Å². The van der Waals surface area contributed by atoms with Crippen molar-refractivity contribution in [2.45, 2.75) is 58.4 Å². The Kier molecular flexibility index (Phi) is 10.5. The van der Waals surface area contributed by atoms with Crippen molar-refractivity contribution >= 4 is 17.7 Å². The van der Waals surface area contributed by atoms with Crippen LogP contribution in [0.2, 0.25) is 0 Å². The van der Waals surface area contributed by atoms with Crippen molar-refractivity contribution < 1.29 is 4.79 Å². The molecule has 0 aromatic carbocycles. The first-order valence-electron chi connectivity index (χ1n) is 11.4. The van der Waals surface area contributed by atoms with Crippen LogP contribution in [0.5, 0.6) is 0 Å². The number of aromatic nitrogens is 1. The number of likely N-dealkylation sites (N-methyl/N-ethyl adjacent to an activating group) is 1. The molecule has 7 heteroatoms. The van der Waals surface area contributed by atoms with Gasteiger partial charge >= 0.3 is 0 Å². The maximum Gasteiger partial charge on any atom is 0.243 e. The van der Waals surface area contributed by atoms with Gasteiger partial charge < -0.3 is 20.4 Å². The Balaban J connectivity index is 1.91. The molecule has 30 heavy (non-hydrogen) atoms. The predicted molar refractivity (Wildman–Crippen MR) is 125 cm³/mol. The molecule has 1 aromatic rings. The monoisotopic (exact) mass is 416 g/mol. The molecule has 1 aliphatic heterocycles. The summed E-state index contributed by atoms with van der Waals surface area (Å²) in [7, 11) is 3.53. The molecule has 1 saturated heterocycles. The lowest BCUT2D eigenvalue weighted by Gasteiger charge is -2.34. The first-order valence-corrected chi connectivity index (χ1v) is 11.4. The van der Waals surface area contributed by atoms with Crippen LogP contribution in [-0.2, 0) is 4.79 Å². The van der Waals surface area contributed by atoms with Gasteiger partial charge in [0.1, 0.15) is 12.4 Å². The Bertz CT molecular complexity index is 640. The highest BCUT2D eigenvalue weighted by molar-refractivity contribution is 5.85. The predicted octanol–water partition coefficient (Wildman–Crippen LogP) is 2.89. The fourth-order valence-corrected chi connectivity index (χ4v) is 3.61. The van der Waals surface area contributed by atoms with E-state index in [1.165, 1.54) is 19.3 Å². The molecule has 1 amide bonds. The van der Waals surface area contributed by atoms with E-state index in [1.54, 1.807) is 19.0 Å². The minimum atomic E-state index is 0.0131. The molecular weight excluding hydrogens is 376 g/mol. The zero-order chi connectivity index (χ0) is 21.8. The molecule has 1 fully saturated rings. The number of hydrogen-bond donors (Lipinski definition) is 2. The van der Waals surface area contributed by atoms with Crippen LogP contribution in [0, 0.1) is 5.92 Å². The van der Waals surface area contributed by atoms with Gasteiger partial charge in [0, 0.05) is 46.0 Å². The Hall–Kier alpha value is -2.31. The van der Waals surface area contributed by atoms with E-state index >= 15 is 0 Å². The van der Waals surface area contributed by atoms with E-state index in [4.69, 9.17) is 0 Å². The number of guanidine groups is 1. The number of amides is 1. The highest BCUT2D eigenvalue weighted by Crippen LogP contribution is 2.17. The Morgan fingerprint density at radius 2 is 2.07 bits per heavy atom. The number of carbonyl (C=O) groups excluding carboxylic acids is 1. The fraction of sp³-hybridized carbons (Fsp3) is 0.696. The molecule has 2 N–H and O–H groups in total. The van der Waals surface area contributed by atoms with Gasteiger partial charge in [-0.05, 0) is 37.3 Å². The molecule has 0 saturated carbocycles. The van der Waals surface area contributed by atoms with Crippen LogP contribution in [0.15, 0.2) is 29.4 Å². The molecular formula is C23H40N6O. The zero-order valence-electron chi connectivity index (χ0n) is 19.2. The van der Waals surface area contributed by atoms with E-state index in [1.807, 2.05) is 18.3 Å². The van der Waals surface area contributed by atoms with Crippen LogP contribution in [0.3, 0.4) is 0 Å². The summed E-state index contributed by atoms with van der Waals surface area (Å²) in [6.45, 7) is 7.47. The molecule has 7 nitrogen and oxygen atoms in total. The summed E-state index contributed by atoms with van der Waals surface area (Å²) < 4.78 is 0. The van der Waals surface area contributed by atoms with E-state index in [-0.39, 0.29) is 12.5 Å². The largest absolute Gasteiger partial charge is 0.356 e. The number of carbonyl (C=O) groups is 1. The van der Waals surface area contributed by atoms with Gasteiger partial charge in [-0.2, -0.15) is 0 Å². The summed E-state index contributed by atoms with van der Waals surface area (Å²) in [6, 6.07) is 6.40. The molecule has 0 spiro atoms. The normalized spacial score (nSPS) is 16.3. The molecule has 0 aliphatic carbocycles. The number of anilines is 1. The number of unbranched alkanes of at least 4 members (excludes halogenated alkanes) is 1.